The first kappa shape index (κ1) is 12.1. The quantitative estimate of drug-likeness (QED) is 0.882. The molecule has 1 N–H and O–H groups in total. The molecule has 1 aliphatic rings. The van der Waals surface area contributed by atoms with Crippen LogP contribution in [0.4, 0.5) is 0 Å². The molecule has 2 rings (SSSR count). The van der Waals surface area contributed by atoms with E-state index < -0.39 is 0 Å². The van der Waals surface area contributed by atoms with E-state index in [0.717, 1.165) is 0 Å². The SMILES string of the molecule is CCC1(CCc2ccc(Br)cc2)CCCN1. The maximum Gasteiger partial charge on any atom is 0.0182 e. The number of hydrogen-bond donors (Lipinski definition) is 1. The minimum atomic E-state index is 0.424. The third kappa shape index (κ3) is 2.86. The fourth-order valence-corrected chi connectivity index (χ4v) is 2.86. The average Bonchev–Trinajstić information content (AvgIpc) is 2.78. The molecule has 0 radical (unpaired) electrons. The zero-order valence-corrected chi connectivity index (χ0v) is 11.5. The molecule has 1 nitrogen and oxygen atoms in total. The van der Waals surface area contributed by atoms with Gasteiger partial charge < -0.3 is 5.32 Å². The highest BCUT2D eigenvalue weighted by atomic mass is 79.9. The maximum atomic E-state index is 3.69. The Morgan fingerprint density at radius 1 is 1.31 bits per heavy atom. The van der Waals surface area contributed by atoms with Crippen molar-refractivity contribution in [3.05, 3.63) is 34.3 Å². The van der Waals surface area contributed by atoms with Gasteiger partial charge in [-0.05, 0) is 56.3 Å². The lowest BCUT2D eigenvalue weighted by molar-refractivity contribution is 0.336. The van der Waals surface area contributed by atoms with Gasteiger partial charge in [0.25, 0.3) is 0 Å². The minimum Gasteiger partial charge on any atom is -0.311 e. The molecule has 88 valence electrons. The van der Waals surface area contributed by atoms with E-state index in [9.17, 15) is 0 Å². The van der Waals surface area contributed by atoms with Gasteiger partial charge in [-0.1, -0.05) is 35.0 Å². The molecule has 1 atom stereocenters. The Hall–Kier alpha value is -0.340. The van der Waals surface area contributed by atoms with Crippen LogP contribution in [0.5, 0.6) is 0 Å². The van der Waals surface area contributed by atoms with Gasteiger partial charge in [0.05, 0.1) is 0 Å². The van der Waals surface area contributed by atoms with Crippen LogP contribution in [-0.2, 0) is 6.42 Å². The van der Waals surface area contributed by atoms with E-state index in [2.05, 4.69) is 52.4 Å². The van der Waals surface area contributed by atoms with Crippen molar-refractivity contribution in [3.8, 4) is 0 Å². The molecule has 1 aromatic carbocycles. The van der Waals surface area contributed by atoms with Crippen molar-refractivity contribution in [1.82, 2.24) is 5.32 Å². The fraction of sp³-hybridized carbons (Fsp3) is 0.571. The molecule has 1 fully saturated rings. The summed E-state index contributed by atoms with van der Waals surface area (Å²) in [7, 11) is 0. The average molecular weight is 282 g/mol. The summed E-state index contributed by atoms with van der Waals surface area (Å²) in [4.78, 5) is 0. The molecule has 2 heteroatoms. The molecule has 0 saturated carbocycles. The lowest BCUT2D eigenvalue weighted by atomic mass is 9.87. The Bertz CT molecular complexity index is 325. The summed E-state index contributed by atoms with van der Waals surface area (Å²) in [6, 6.07) is 8.72. The molecule has 1 heterocycles. The molecule has 1 aliphatic heterocycles. The molecule has 0 amide bonds. The molecule has 0 aliphatic carbocycles. The van der Waals surface area contributed by atoms with Crippen LogP contribution in [0.3, 0.4) is 0 Å². The third-order valence-electron chi connectivity index (χ3n) is 3.81. The molecular formula is C14H20BrN. The van der Waals surface area contributed by atoms with E-state index >= 15 is 0 Å². The Morgan fingerprint density at radius 3 is 2.62 bits per heavy atom. The van der Waals surface area contributed by atoms with Crippen LogP contribution in [-0.4, -0.2) is 12.1 Å². The second-order valence-corrected chi connectivity index (χ2v) is 5.71. The van der Waals surface area contributed by atoms with Gasteiger partial charge in [-0.15, -0.1) is 0 Å². The summed E-state index contributed by atoms with van der Waals surface area (Å²) >= 11 is 3.47. The number of hydrogen-bond acceptors (Lipinski definition) is 1. The third-order valence-corrected chi connectivity index (χ3v) is 4.34. The molecule has 1 aromatic rings. The van der Waals surface area contributed by atoms with E-state index in [0.29, 0.717) is 5.54 Å². The molecule has 0 bridgehead atoms. The first-order valence-corrected chi connectivity index (χ1v) is 7.03. The fourth-order valence-electron chi connectivity index (χ4n) is 2.60. The Balaban J connectivity index is 1.93. The lowest BCUT2D eigenvalue weighted by Gasteiger charge is -2.28. The van der Waals surface area contributed by atoms with Crippen molar-refractivity contribution in [2.24, 2.45) is 0 Å². The van der Waals surface area contributed by atoms with Gasteiger partial charge in [-0.25, -0.2) is 0 Å². The molecule has 16 heavy (non-hydrogen) atoms. The normalized spacial score (nSPS) is 24.9. The van der Waals surface area contributed by atoms with Gasteiger partial charge >= 0.3 is 0 Å². The van der Waals surface area contributed by atoms with E-state index in [1.807, 2.05) is 0 Å². The highest BCUT2D eigenvalue weighted by Gasteiger charge is 2.30. The number of benzene rings is 1. The number of rotatable bonds is 4. The minimum absolute atomic E-state index is 0.424. The molecule has 0 aromatic heterocycles. The Kier molecular flexibility index (Phi) is 4.04. The van der Waals surface area contributed by atoms with Crippen molar-refractivity contribution in [2.45, 2.75) is 44.6 Å². The smallest absolute Gasteiger partial charge is 0.0182 e. The van der Waals surface area contributed by atoms with E-state index in [1.54, 1.807) is 0 Å². The van der Waals surface area contributed by atoms with Crippen molar-refractivity contribution < 1.29 is 0 Å². The first-order chi connectivity index (χ1) is 7.74. The standard InChI is InChI=1S/C14H20BrN/c1-2-14(9-3-11-16-14)10-8-12-4-6-13(15)7-5-12/h4-7,16H,2-3,8-11H2,1H3. The van der Waals surface area contributed by atoms with Gasteiger partial charge in [-0.3, -0.25) is 0 Å². The Morgan fingerprint density at radius 2 is 2.06 bits per heavy atom. The van der Waals surface area contributed by atoms with Crippen LogP contribution < -0.4 is 5.32 Å². The van der Waals surface area contributed by atoms with Crippen molar-refractivity contribution >= 4 is 15.9 Å². The molecule has 1 unspecified atom stereocenters. The van der Waals surface area contributed by atoms with Crippen LogP contribution in [0.1, 0.15) is 38.2 Å². The second-order valence-electron chi connectivity index (χ2n) is 4.79. The van der Waals surface area contributed by atoms with Crippen LogP contribution in [0.25, 0.3) is 0 Å². The van der Waals surface area contributed by atoms with Gasteiger partial charge in [-0.2, -0.15) is 0 Å². The summed E-state index contributed by atoms with van der Waals surface area (Å²) in [5.74, 6) is 0. The summed E-state index contributed by atoms with van der Waals surface area (Å²) in [6.07, 6.45) is 6.40. The number of nitrogens with one attached hydrogen (secondary N) is 1. The zero-order valence-electron chi connectivity index (χ0n) is 9.93. The van der Waals surface area contributed by atoms with Crippen LogP contribution in [0.15, 0.2) is 28.7 Å². The van der Waals surface area contributed by atoms with Crippen LogP contribution in [0, 0.1) is 0 Å². The second kappa shape index (κ2) is 5.33. The highest BCUT2D eigenvalue weighted by molar-refractivity contribution is 9.10. The summed E-state index contributed by atoms with van der Waals surface area (Å²) in [6.45, 7) is 3.51. The van der Waals surface area contributed by atoms with Gasteiger partial charge in [0.2, 0.25) is 0 Å². The van der Waals surface area contributed by atoms with E-state index in [-0.39, 0.29) is 0 Å². The van der Waals surface area contributed by atoms with E-state index in [4.69, 9.17) is 0 Å². The zero-order chi connectivity index (χ0) is 11.4. The monoisotopic (exact) mass is 281 g/mol. The van der Waals surface area contributed by atoms with Crippen molar-refractivity contribution in [3.63, 3.8) is 0 Å². The largest absolute Gasteiger partial charge is 0.311 e. The van der Waals surface area contributed by atoms with Crippen molar-refractivity contribution in [1.29, 1.82) is 0 Å². The predicted molar refractivity (Wildman–Crippen MR) is 72.7 cm³/mol. The topological polar surface area (TPSA) is 12.0 Å². The van der Waals surface area contributed by atoms with Gasteiger partial charge in [0.1, 0.15) is 0 Å². The Labute approximate surface area is 107 Å². The molecular weight excluding hydrogens is 262 g/mol. The highest BCUT2D eigenvalue weighted by Crippen LogP contribution is 2.28. The summed E-state index contributed by atoms with van der Waals surface area (Å²) in [5.41, 5.74) is 1.87. The lowest BCUT2D eigenvalue weighted by Crippen LogP contribution is -2.39. The van der Waals surface area contributed by atoms with E-state index in [1.165, 1.54) is 48.7 Å². The van der Waals surface area contributed by atoms with Gasteiger partial charge in [0.15, 0.2) is 0 Å². The molecule has 1 saturated heterocycles. The van der Waals surface area contributed by atoms with Gasteiger partial charge in [0, 0.05) is 10.0 Å². The van der Waals surface area contributed by atoms with Crippen LogP contribution >= 0.6 is 15.9 Å². The number of aryl methyl sites for hydroxylation is 1. The van der Waals surface area contributed by atoms with Crippen molar-refractivity contribution in [2.75, 3.05) is 6.54 Å². The van der Waals surface area contributed by atoms with Crippen LogP contribution in [0.2, 0.25) is 0 Å². The maximum absolute atomic E-state index is 3.69. The summed E-state index contributed by atoms with van der Waals surface area (Å²) in [5, 5.41) is 3.69. The first-order valence-electron chi connectivity index (χ1n) is 6.24. The molecule has 0 spiro atoms. The predicted octanol–water partition coefficient (Wildman–Crippen LogP) is 3.91. The number of halogens is 1. The summed E-state index contributed by atoms with van der Waals surface area (Å²) < 4.78 is 1.17.